The number of sulfonamides is 1. The molecule has 0 unspecified atom stereocenters. The van der Waals surface area contributed by atoms with Crippen molar-refractivity contribution in [3.05, 3.63) is 36.1 Å². The molecule has 0 fully saturated rings. The normalized spacial score (nSPS) is 20.5. The van der Waals surface area contributed by atoms with Crippen LogP contribution in [0.4, 0.5) is 0 Å². The number of nitrogens with one attached hydrogen (secondary N) is 2. The molecule has 3 heterocycles. The second-order valence-electron chi connectivity index (χ2n) is 3.30. The molecule has 0 bridgehead atoms. The van der Waals surface area contributed by atoms with Gasteiger partial charge in [0, 0.05) is 18.6 Å². The summed E-state index contributed by atoms with van der Waals surface area (Å²) in [5.74, 6) is 0.263. The molecule has 0 amide bonds. The first-order chi connectivity index (χ1) is 7.67. The van der Waals surface area contributed by atoms with Crippen LogP contribution in [0, 0.1) is 0 Å². The lowest BCUT2D eigenvalue weighted by atomic mass is 10.3. The Bertz CT molecular complexity index is 637. The average Bonchev–Trinajstić information content (AvgIpc) is 2.81. The van der Waals surface area contributed by atoms with E-state index in [-0.39, 0.29) is 10.6 Å². The number of H-pyrrole nitrogens is 1. The van der Waals surface area contributed by atoms with E-state index in [0.717, 1.165) is 0 Å². The minimum Gasteiger partial charge on any atom is -0.461 e. The number of ether oxygens (including phenoxy) is 1. The van der Waals surface area contributed by atoms with Gasteiger partial charge >= 0.3 is 0 Å². The molecule has 0 radical (unpaired) electrons. The minimum absolute atomic E-state index is 0.0793. The molecule has 3 rings (SSSR count). The summed E-state index contributed by atoms with van der Waals surface area (Å²) in [7, 11) is -3.61. The molecule has 2 aliphatic heterocycles. The highest BCUT2D eigenvalue weighted by atomic mass is 32.2. The van der Waals surface area contributed by atoms with E-state index < -0.39 is 10.0 Å². The molecule has 2 N–H and O–H groups in total. The predicted octanol–water partition coefficient (Wildman–Crippen LogP) is 0.495. The van der Waals surface area contributed by atoms with Crippen LogP contribution < -0.4 is 9.46 Å². The number of hydrogen-bond donors (Lipinski definition) is 2. The Morgan fingerprint density at radius 1 is 1.31 bits per heavy atom. The van der Waals surface area contributed by atoms with Crippen LogP contribution in [0.15, 0.2) is 46.0 Å². The fraction of sp³-hybridized carbons (Fsp3) is 0. The first-order valence-electron chi connectivity index (χ1n) is 4.47. The van der Waals surface area contributed by atoms with Crippen LogP contribution in [0.2, 0.25) is 0 Å². The molecule has 2 aliphatic rings. The molecule has 0 saturated heterocycles. The third-order valence-corrected chi connectivity index (χ3v) is 3.63. The molecule has 6 nitrogen and oxygen atoms in total. The van der Waals surface area contributed by atoms with Crippen molar-refractivity contribution in [2.24, 2.45) is 4.99 Å². The van der Waals surface area contributed by atoms with Gasteiger partial charge in [-0.1, -0.05) is 0 Å². The van der Waals surface area contributed by atoms with E-state index in [1.807, 2.05) is 0 Å². The van der Waals surface area contributed by atoms with Gasteiger partial charge in [-0.15, -0.1) is 0 Å². The second-order valence-corrected chi connectivity index (χ2v) is 4.95. The monoisotopic (exact) mass is 237 g/mol. The third kappa shape index (κ3) is 1.25. The highest BCUT2D eigenvalue weighted by Gasteiger charge is 2.25. The molecule has 7 heteroatoms. The maximum Gasteiger partial charge on any atom is 0.267 e. The Morgan fingerprint density at radius 2 is 2.19 bits per heavy atom. The average molecular weight is 237 g/mol. The standard InChI is InChI=1S/C9H7N3O3S/c13-16(14)9-4-11-3-8(9)15-5-6-1-10-2-7(6)12-16/h1-5,11-12H. The van der Waals surface area contributed by atoms with Gasteiger partial charge in [0.15, 0.2) is 5.75 Å². The molecule has 1 aromatic rings. The van der Waals surface area contributed by atoms with Crippen molar-refractivity contribution >= 4 is 16.2 Å². The van der Waals surface area contributed by atoms with Gasteiger partial charge in [-0.05, 0) is 0 Å². The van der Waals surface area contributed by atoms with E-state index >= 15 is 0 Å². The largest absolute Gasteiger partial charge is 0.461 e. The maximum atomic E-state index is 11.9. The van der Waals surface area contributed by atoms with Crippen LogP contribution >= 0.6 is 0 Å². The fourth-order valence-electron chi connectivity index (χ4n) is 1.48. The van der Waals surface area contributed by atoms with Crippen molar-refractivity contribution in [2.75, 3.05) is 0 Å². The van der Waals surface area contributed by atoms with Crippen molar-refractivity contribution in [3.8, 4) is 5.75 Å². The summed E-state index contributed by atoms with van der Waals surface area (Å²) >= 11 is 0. The summed E-state index contributed by atoms with van der Waals surface area (Å²) in [5.41, 5.74) is 1.00. The zero-order valence-corrected chi connectivity index (χ0v) is 8.78. The summed E-state index contributed by atoms with van der Waals surface area (Å²) in [5, 5.41) is 0. The molecule has 0 saturated carbocycles. The number of rotatable bonds is 0. The maximum absolute atomic E-state index is 11.9. The summed E-state index contributed by atoms with van der Waals surface area (Å²) in [4.78, 5) is 6.62. The van der Waals surface area contributed by atoms with Gasteiger partial charge in [-0.3, -0.25) is 9.71 Å². The number of aliphatic imine (C=N–C) groups is 1. The van der Waals surface area contributed by atoms with Crippen LogP contribution in [0.5, 0.6) is 5.75 Å². The molecule has 0 atom stereocenters. The summed E-state index contributed by atoms with van der Waals surface area (Å²) in [6.07, 6.45) is 7.26. The number of nitrogens with zero attached hydrogens (tertiary/aromatic N) is 1. The zero-order chi connectivity index (χ0) is 11.2. The fourth-order valence-corrected chi connectivity index (χ4v) is 2.64. The number of aromatic amines is 1. The van der Waals surface area contributed by atoms with Crippen LogP contribution in [0.3, 0.4) is 0 Å². The van der Waals surface area contributed by atoms with E-state index in [9.17, 15) is 8.42 Å². The molecule has 82 valence electrons. The van der Waals surface area contributed by atoms with Crippen molar-refractivity contribution in [2.45, 2.75) is 4.90 Å². The highest BCUT2D eigenvalue weighted by molar-refractivity contribution is 7.89. The summed E-state index contributed by atoms with van der Waals surface area (Å²) in [6, 6.07) is 0. The van der Waals surface area contributed by atoms with Crippen molar-refractivity contribution in [1.29, 1.82) is 0 Å². The Labute approximate surface area is 91.4 Å². The van der Waals surface area contributed by atoms with E-state index in [1.165, 1.54) is 31.1 Å². The van der Waals surface area contributed by atoms with Crippen molar-refractivity contribution < 1.29 is 13.2 Å². The van der Waals surface area contributed by atoms with Crippen molar-refractivity contribution in [3.63, 3.8) is 0 Å². The Morgan fingerprint density at radius 3 is 3.06 bits per heavy atom. The molecular weight excluding hydrogens is 230 g/mol. The smallest absolute Gasteiger partial charge is 0.267 e. The van der Waals surface area contributed by atoms with Crippen LogP contribution in [0.1, 0.15) is 0 Å². The lowest BCUT2D eigenvalue weighted by molar-refractivity contribution is 0.463. The summed E-state index contributed by atoms with van der Waals surface area (Å²) in [6.45, 7) is 0. The SMILES string of the molecule is O=S1(=O)NC2=CN=CC2=COc2c[nH]cc21. The van der Waals surface area contributed by atoms with Gasteiger partial charge in [-0.25, -0.2) is 8.42 Å². The van der Waals surface area contributed by atoms with Gasteiger partial charge in [0.25, 0.3) is 10.0 Å². The summed E-state index contributed by atoms with van der Waals surface area (Å²) < 4.78 is 31.5. The number of hydrogen-bond acceptors (Lipinski definition) is 4. The van der Waals surface area contributed by atoms with Gasteiger partial charge in [0.2, 0.25) is 0 Å². The number of fused-ring (bicyclic) bond motifs is 2. The Hall–Kier alpha value is -2.02. The zero-order valence-electron chi connectivity index (χ0n) is 7.97. The van der Waals surface area contributed by atoms with Gasteiger partial charge in [0.1, 0.15) is 11.2 Å². The van der Waals surface area contributed by atoms with E-state index in [1.54, 1.807) is 0 Å². The lowest BCUT2D eigenvalue weighted by Crippen LogP contribution is -2.25. The second kappa shape index (κ2) is 2.99. The minimum atomic E-state index is -3.61. The number of aromatic nitrogens is 1. The van der Waals surface area contributed by atoms with E-state index in [0.29, 0.717) is 11.3 Å². The first kappa shape index (κ1) is 9.22. The molecule has 0 aliphatic carbocycles. The topological polar surface area (TPSA) is 83.6 Å². The molecular formula is C9H7N3O3S. The quantitative estimate of drug-likeness (QED) is 0.689. The Balaban J connectivity index is 2.19. The van der Waals surface area contributed by atoms with Crippen LogP contribution in [-0.2, 0) is 10.0 Å². The molecule has 0 spiro atoms. The van der Waals surface area contributed by atoms with E-state index in [2.05, 4.69) is 14.7 Å². The van der Waals surface area contributed by atoms with Crippen LogP contribution in [-0.4, -0.2) is 19.6 Å². The third-order valence-electron chi connectivity index (χ3n) is 2.25. The van der Waals surface area contributed by atoms with Gasteiger partial charge in [0.05, 0.1) is 17.5 Å². The van der Waals surface area contributed by atoms with Gasteiger partial charge < -0.3 is 9.72 Å². The first-order valence-corrected chi connectivity index (χ1v) is 5.95. The Kier molecular flexibility index (Phi) is 1.72. The lowest BCUT2D eigenvalue weighted by Gasteiger charge is -2.13. The molecule has 16 heavy (non-hydrogen) atoms. The number of allylic oxidation sites excluding steroid dienone is 1. The van der Waals surface area contributed by atoms with Crippen molar-refractivity contribution in [1.82, 2.24) is 9.71 Å². The van der Waals surface area contributed by atoms with E-state index in [4.69, 9.17) is 4.74 Å². The predicted molar refractivity (Wildman–Crippen MR) is 56.4 cm³/mol. The van der Waals surface area contributed by atoms with Crippen LogP contribution in [0.25, 0.3) is 0 Å². The molecule has 0 aromatic carbocycles. The highest BCUT2D eigenvalue weighted by Crippen LogP contribution is 2.27. The van der Waals surface area contributed by atoms with Gasteiger partial charge in [-0.2, -0.15) is 0 Å². The molecule has 1 aromatic heterocycles.